The Labute approximate surface area is 346 Å². The van der Waals surface area contributed by atoms with Crippen LogP contribution in [0.2, 0.25) is 0 Å². The van der Waals surface area contributed by atoms with Crippen LogP contribution in [0.5, 0.6) is 0 Å². The summed E-state index contributed by atoms with van der Waals surface area (Å²) < 4.78 is 4.85. The third-order valence-corrected chi connectivity index (χ3v) is 12.9. The number of benzene rings is 11. The monoisotopic (exact) mass is 760 g/mol. The summed E-state index contributed by atoms with van der Waals surface area (Å²) in [6.07, 6.45) is 0. The molecule has 0 saturated carbocycles. The van der Waals surface area contributed by atoms with Gasteiger partial charge in [0.25, 0.3) is 0 Å². The lowest BCUT2D eigenvalue weighted by molar-refractivity contribution is 1.18. The van der Waals surface area contributed by atoms with E-state index in [4.69, 9.17) is 0 Å². The van der Waals surface area contributed by atoms with E-state index >= 15 is 0 Å². The predicted octanol–water partition coefficient (Wildman–Crippen LogP) is 15.8. The van der Waals surface area contributed by atoms with Gasteiger partial charge in [0, 0.05) is 32.6 Å². The molecule has 0 N–H and O–H groups in total. The van der Waals surface area contributed by atoms with E-state index in [0.717, 1.165) is 0 Å². The van der Waals surface area contributed by atoms with Gasteiger partial charge in [-0.25, -0.2) is 0 Å². The average molecular weight is 761 g/mol. The fraction of sp³-hybridized carbons (Fsp3) is 0. The zero-order chi connectivity index (χ0) is 39.3. The number of aromatic nitrogens is 2. The molecule has 0 aliphatic rings. The molecule has 0 aliphatic heterocycles. The van der Waals surface area contributed by atoms with E-state index in [2.05, 4.69) is 228 Å². The summed E-state index contributed by atoms with van der Waals surface area (Å²) in [5.41, 5.74) is 12.1. The minimum atomic E-state index is 1.17. The second kappa shape index (κ2) is 12.8. The van der Waals surface area contributed by atoms with Gasteiger partial charge in [-0.3, -0.25) is 0 Å². The van der Waals surface area contributed by atoms with Crippen LogP contribution in [-0.2, 0) is 0 Å². The van der Waals surface area contributed by atoms with E-state index in [1.54, 1.807) is 0 Å². The number of hydrogen-bond donors (Lipinski definition) is 0. The van der Waals surface area contributed by atoms with Crippen LogP contribution in [0, 0.1) is 0 Å². The molecule has 0 unspecified atom stereocenters. The van der Waals surface area contributed by atoms with Crippen LogP contribution in [0.4, 0.5) is 0 Å². The van der Waals surface area contributed by atoms with Crippen molar-refractivity contribution >= 4 is 86.7 Å². The Kier molecular flexibility index (Phi) is 7.05. The molecule has 278 valence electrons. The van der Waals surface area contributed by atoms with Crippen LogP contribution in [0.3, 0.4) is 0 Å². The first kappa shape index (κ1) is 33.1. The molecule has 13 rings (SSSR count). The number of fused-ring (bicyclic) bond motifs is 12. The van der Waals surface area contributed by atoms with Gasteiger partial charge in [-0.2, -0.15) is 0 Å². The fourth-order valence-electron chi connectivity index (χ4n) is 10.2. The number of hydrogen-bond acceptors (Lipinski definition) is 0. The highest BCUT2D eigenvalue weighted by Gasteiger charge is 2.19. The Balaban J connectivity index is 0.998. The SMILES string of the molecule is c1ccc(-n2c3ccccc3c3cc(-c4ccc5c(c4)c4ccccc4n5-c4ccc(-c5cc6ccc7ccccc7c6c6ccccc56)c5ccccc45)ccc32)cc1. The second-order valence-corrected chi connectivity index (χ2v) is 16.0. The minimum absolute atomic E-state index is 1.17. The summed E-state index contributed by atoms with van der Waals surface area (Å²) in [5.74, 6) is 0. The molecule has 0 saturated heterocycles. The Hall–Kier alpha value is -7.94. The maximum atomic E-state index is 2.47. The molecule has 0 fully saturated rings. The molecule has 0 bridgehead atoms. The average Bonchev–Trinajstić information content (AvgIpc) is 3.83. The molecule has 0 spiro atoms. The maximum Gasteiger partial charge on any atom is 0.0541 e. The first-order valence-corrected chi connectivity index (χ1v) is 20.8. The van der Waals surface area contributed by atoms with Gasteiger partial charge in [-0.1, -0.05) is 158 Å². The lowest BCUT2D eigenvalue weighted by Crippen LogP contribution is -1.97. The van der Waals surface area contributed by atoms with Crippen LogP contribution in [0.1, 0.15) is 0 Å². The predicted molar refractivity (Wildman–Crippen MR) is 256 cm³/mol. The van der Waals surface area contributed by atoms with Gasteiger partial charge in [-0.15, -0.1) is 0 Å². The van der Waals surface area contributed by atoms with E-state index in [1.807, 2.05) is 0 Å². The van der Waals surface area contributed by atoms with Crippen LogP contribution in [0.15, 0.2) is 218 Å². The summed E-state index contributed by atoms with van der Waals surface area (Å²) in [6.45, 7) is 0. The van der Waals surface area contributed by atoms with Crippen molar-refractivity contribution in [1.82, 2.24) is 9.13 Å². The van der Waals surface area contributed by atoms with Gasteiger partial charge in [0.2, 0.25) is 0 Å². The zero-order valence-corrected chi connectivity index (χ0v) is 32.7. The first-order valence-electron chi connectivity index (χ1n) is 20.8. The van der Waals surface area contributed by atoms with E-state index in [-0.39, 0.29) is 0 Å². The van der Waals surface area contributed by atoms with Crippen molar-refractivity contribution in [1.29, 1.82) is 0 Å². The van der Waals surface area contributed by atoms with Crippen molar-refractivity contribution < 1.29 is 0 Å². The Morgan fingerprint density at radius 1 is 0.250 bits per heavy atom. The van der Waals surface area contributed by atoms with E-state index in [9.17, 15) is 0 Å². The lowest BCUT2D eigenvalue weighted by atomic mass is 9.88. The number of nitrogens with zero attached hydrogens (tertiary/aromatic N) is 2. The number of para-hydroxylation sites is 3. The summed E-state index contributed by atoms with van der Waals surface area (Å²) >= 11 is 0. The molecule has 2 heteroatoms. The molecule has 11 aromatic carbocycles. The smallest absolute Gasteiger partial charge is 0.0541 e. The highest BCUT2D eigenvalue weighted by molar-refractivity contribution is 6.24. The first-order chi connectivity index (χ1) is 29.8. The topological polar surface area (TPSA) is 9.86 Å². The molecule has 0 amide bonds. The molecule has 0 aliphatic carbocycles. The van der Waals surface area contributed by atoms with Gasteiger partial charge in [0.15, 0.2) is 0 Å². The van der Waals surface area contributed by atoms with Crippen molar-refractivity contribution in [2.24, 2.45) is 0 Å². The van der Waals surface area contributed by atoms with Crippen molar-refractivity contribution in [2.45, 2.75) is 0 Å². The van der Waals surface area contributed by atoms with Crippen molar-refractivity contribution in [2.75, 3.05) is 0 Å². The molecule has 0 radical (unpaired) electrons. The molecule has 60 heavy (non-hydrogen) atoms. The highest BCUT2D eigenvalue weighted by atomic mass is 15.0. The molecule has 13 aromatic rings. The summed E-state index contributed by atoms with van der Waals surface area (Å²) in [4.78, 5) is 0. The van der Waals surface area contributed by atoms with Crippen LogP contribution < -0.4 is 0 Å². The zero-order valence-electron chi connectivity index (χ0n) is 32.7. The Morgan fingerprint density at radius 3 is 1.45 bits per heavy atom. The number of rotatable bonds is 4. The maximum absolute atomic E-state index is 2.47. The van der Waals surface area contributed by atoms with Gasteiger partial charge >= 0.3 is 0 Å². The van der Waals surface area contributed by atoms with Crippen LogP contribution in [0.25, 0.3) is 120 Å². The van der Waals surface area contributed by atoms with Crippen molar-refractivity contribution in [3.63, 3.8) is 0 Å². The molecular weight excluding hydrogens is 725 g/mol. The molecule has 2 nitrogen and oxygen atoms in total. The second-order valence-electron chi connectivity index (χ2n) is 16.0. The van der Waals surface area contributed by atoms with E-state index in [1.165, 1.54) is 120 Å². The summed E-state index contributed by atoms with van der Waals surface area (Å²) in [7, 11) is 0. The normalized spacial score (nSPS) is 12.0. The summed E-state index contributed by atoms with van der Waals surface area (Å²) in [6, 6.07) is 80.5. The largest absolute Gasteiger partial charge is 0.309 e. The van der Waals surface area contributed by atoms with E-state index in [0.29, 0.717) is 0 Å². The van der Waals surface area contributed by atoms with Gasteiger partial charge in [0.05, 0.1) is 27.8 Å². The highest BCUT2D eigenvalue weighted by Crippen LogP contribution is 2.44. The Morgan fingerprint density at radius 2 is 0.750 bits per heavy atom. The van der Waals surface area contributed by atoms with Crippen LogP contribution in [-0.4, -0.2) is 9.13 Å². The standard InChI is InChI=1S/C58H36N2/c1-2-15-41(16-3-1)59-53-24-12-10-21-47(53)51-34-38(28-31-56(51)59)39-29-32-57-52(35-39)48-22-11-13-25-54(48)60(57)55-33-30-45(43-18-6-8-20-46(43)55)50-36-40-27-26-37-14-4-5-17-42(37)58(40)49-23-9-7-19-44(49)50/h1-36H. The van der Waals surface area contributed by atoms with Crippen molar-refractivity contribution in [3.8, 4) is 33.6 Å². The fourth-order valence-corrected chi connectivity index (χ4v) is 10.2. The molecule has 0 atom stereocenters. The van der Waals surface area contributed by atoms with E-state index < -0.39 is 0 Å². The van der Waals surface area contributed by atoms with Crippen molar-refractivity contribution in [3.05, 3.63) is 218 Å². The quantitative estimate of drug-likeness (QED) is 0.158. The van der Waals surface area contributed by atoms with Gasteiger partial charge in [0.1, 0.15) is 0 Å². The van der Waals surface area contributed by atoms with Gasteiger partial charge < -0.3 is 9.13 Å². The minimum Gasteiger partial charge on any atom is -0.309 e. The lowest BCUT2D eigenvalue weighted by Gasteiger charge is -2.17. The molecule has 2 aromatic heterocycles. The summed E-state index contributed by atoms with van der Waals surface area (Å²) in [5, 5.41) is 15.2. The van der Waals surface area contributed by atoms with Gasteiger partial charge in [-0.05, 0) is 121 Å². The third-order valence-electron chi connectivity index (χ3n) is 12.9. The van der Waals surface area contributed by atoms with Crippen LogP contribution >= 0.6 is 0 Å². The Bertz CT molecular complexity index is 3880. The third kappa shape index (κ3) is 4.76. The molecule has 2 heterocycles. The molecular formula is C58H36N2.